The molecule has 0 saturated carbocycles. The lowest BCUT2D eigenvalue weighted by Gasteiger charge is -2.35. The molecule has 1 heterocycles. The quantitative estimate of drug-likeness (QED) is 0.653. The highest BCUT2D eigenvalue weighted by atomic mass is 19.2. The molecule has 7 heteroatoms. The summed E-state index contributed by atoms with van der Waals surface area (Å²) in [5.74, 6) is -5.62. The van der Waals surface area contributed by atoms with Crippen molar-refractivity contribution >= 4 is 0 Å². The van der Waals surface area contributed by atoms with E-state index in [4.69, 9.17) is 5.11 Å². The molecule has 1 aliphatic heterocycles. The molecule has 3 nitrogen and oxygen atoms in total. The molecular weight excluding hydrogens is 276 g/mol. The second kappa shape index (κ2) is 6.51. The minimum Gasteiger partial charge on any atom is -0.396 e. The summed E-state index contributed by atoms with van der Waals surface area (Å²) in [5.41, 5.74) is -0.640. The molecule has 112 valence electrons. The van der Waals surface area contributed by atoms with E-state index >= 15 is 0 Å². The van der Waals surface area contributed by atoms with Crippen molar-refractivity contribution in [2.45, 2.75) is 12.5 Å². The first kappa shape index (κ1) is 15.2. The van der Waals surface area contributed by atoms with Crippen LogP contribution in [0.25, 0.3) is 0 Å². The van der Waals surface area contributed by atoms with Crippen molar-refractivity contribution < 1.29 is 22.7 Å². The molecule has 1 aromatic rings. The Morgan fingerprint density at radius 3 is 2.15 bits per heavy atom. The molecule has 0 unspecified atom stereocenters. The van der Waals surface area contributed by atoms with Crippen LogP contribution in [0.2, 0.25) is 0 Å². The highest BCUT2D eigenvalue weighted by Crippen LogP contribution is 2.31. The maximum Gasteiger partial charge on any atom is 0.166 e. The summed E-state index contributed by atoms with van der Waals surface area (Å²) < 4.78 is 54.4. The number of hydrogen-bond donors (Lipinski definition) is 2. The van der Waals surface area contributed by atoms with Gasteiger partial charge in [-0.2, -0.15) is 0 Å². The monoisotopic (exact) mass is 292 g/mol. The minimum absolute atomic E-state index is 0.0106. The van der Waals surface area contributed by atoms with Crippen molar-refractivity contribution in [1.82, 2.24) is 10.2 Å². The predicted molar refractivity (Wildman–Crippen MR) is 65.2 cm³/mol. The third-order valence-electron chi connectivity index (χ3n) is 3.47. The van der Waals surface area contributed by atoms with Crippen LogP contribution in [0.3, 0.4) is 0 Å². The smallest absolute Gasteiger partial charge is 0.166 e. The largest absolute Gasteiger partial charge is 0.396 e. The molecule has 1 atom stereocenters. The normalized spacial score (nSPS) is 18.2. The average Bonchev–Trinajstić information content (AvgIpc) is 2.45. The zero-order valence-electron chi connectivity index (χ0n) is 10.8. The van der Waals surface area contributed by atoms with Gasteiger partial charge in [0.1, 0.15) is 0 Å². The molecule has 20 heavy (non-hydrogen) atoms. The van der Waals surface area contributed by atoms with E-state index in [0.717, 1.165) is 0 Å². The van der Waals surface area contributed by atoms with Crippen LogP contribution < -0.4 is 5.32 Å². The fourth-order valence-electron chi connectivity index (χ4n) is 2.51. The Labute approximate surface area is 114 Å². The van der Waals surface area contributed by atoms with Gasteiger partial charge in [-0.15, -0.1) is 0 Å². The van der Waals surface area contributed by atoms with Gasteiger partial charge in [-0.05, 0) is 6.42 Å². The number of rotatable bonds is 4. The van der Waals surface area contributed by atoms with E-state index in [0.29, 0.717) is 26.2 Å². The third-order valence-corrected chi connectivity index (χ3v) is 3.47. The van der Waals surface area contributed by atoms with Gasteiger partial charge in [0.25, 0.3) is 0 Å². The van der Waals surface area contributed by atoms with Gasteiger partial charge in [0.15, 0.2) is 23.3 Å². The lowest BCUT2D eigenvalue weighted by Crippen LogP contribution is -2.45. The number of benzene rings is 1. The zero-order valence-corrected chi connectivity index (χ0v) is 10.8. The Balaban J connectivity index is 2.42. The van der Waals surface area contributed by atoms with Crippen LogP contribution in [0.4, 0.5) is 17.6 Å². The first-order valence-corrected chi connectivity index (χ1v) is 6.44. The van der Waals surface area contributed by atoms with Gasteiger partial charge in [-0.3, -0.25) is 4.90 Å². The van der Waals surface area contributed by atoms with E-state index < -0.39 is 34.9 Å². The lowest BCUT2D eigenvalue weighted by molar-refractivity contribution is 0.134. The van der Waals surface area contributed by atoms with Gasteiger partial charge < -0.3 is 10.4 Å². The van der Waals surface area contributed by atoms with Gasteiger partial charge in [0.2, 0.25) is 0 Å². The van der Waals surface area contributed by atoms with Crippen LogP contribution in [-0.4, -0.2) is 42.8 Å². The van der Waals surface area contributed by atoms with Crippen LogP contribution in [0.5, 0.6) is 0 Å². The number of aliphatic hydroxyl groups is 1. The molecule has 1 aliphatic rings. The van der Waals surface area contributed by atoms with Crippen molar-refractivity contribution in [2.75, 3.05) is 32.8 Å². The molecule has 0 amide bonds. The van der Waals surface area contributed by atoms with Crippen LogP contribution in [-0.2, 0) is 0 Å². The van der Waals surface area contributed by atoms with E-state index in [1.54, 1.807) is 4.90 Å². The molecule has 0 radical (unpaired) electrons. The number of aliphatic hydroxyl groups excluding tert-OH is 1. The van der Waals surface area contributed by atoms with Crippen molar-refractivity contribution in [2.24, 2.45) is 0 Å². The summed E-state index contributed by atoms with van der Waals surface area (Å²) in [6.45, 7) is 1.88. The Bertz CT molecular complexity index is 452. The highest BCUT2D eigenvalue weighted by molar-refractivity contribution is 5.26. The van der Waals surface area contributed by atoms with Crippen LogP contribution in [0, 0.1) is 23.3 Å². The number of nitrogens with zero attached hydrogens (tertiary/aromatic N) is 1. The highest BCUT2D eigenvalue weighted by Gasteiger charge is 2.30. The van der Waals surface area contributed by atoms with Gasteiger partial charge in [0, 0.05) is 50.5 Å². The minimum atomic E-state index is -1.42. The molecule has 1 aromatic carbocycles. The summed E-state index contributed by atoms with van der Waals surface area (Å²) in [7, 11) is 0. The van der Waals surface area contributed by atoms with E-state index in [-0.39, 0.29) is 19.1 Å². The van der Waals surface area contributed by atoms with Gasteiger partial charge in [0.05, 0.1) is 0 Å². The fourth-order valence-corrected chi connectivity index (χ4v) is 2.51. The number of halogens is 4. The first-order chi connectivity index (χ1) is 9.56. The van der Waals surface area contributed by atoms with Crippen molar-refractivity contribution in [3.63, 3.8) is 0 Å². The topological polar surface area (TPSA) is 35.5 Å². The van der Waals surface area contributed by atoms with E-state index in [1.165, 1.54) is 0 Å². The van der Waals surface area contributed by atoms with Crippen molar-refractivity contribution in [3.05, 3.63) is 34.9 Å². The van der Waals surface area contributed by atoms with Crippen molar-refractivity contribution in [3.8, 4) is 0 Å². The Morgan fingerprint density at radius 1 is 1.10 bits per heavy atom. The molecule has 1 fully saturated rings. The predicted octanol–water partition coefficient (Wildman–Crippen LogP) is 1.57. The first-order valence-electron chi connectivity index (χ1n) is 6.44. The molecule has 1 saturated heterocycles. The second-order valence-corrected chi connectivity index (χ2v) is 4.70. The molecule has 0 aliphatic carbocycles. The molecule has 2 rings (SSSR count). The summed E-state index contributed by atoms with van der Waals surface area (Å²) in [5, 5.41) is 12.1. The standard InChI is InChI=1S/C13H16F4N2O/c14-8-7-9(15)13(17)11(12(8)16)10(1-6-20)19-4-2-18-3-5-19/h7,10,18,20H,1-6H2/t10-/m0/s1. The maximum absolute atomic E-state index is 13.9. The second-order valence-electron chi connectivity index (χ2n) is 4.70. The fraction of sp³-hybridized carbons (Fsp3) is 0.538. The Hall–Kier alpha value is -1.18. The Morgan fingerprint density at radius 2 is 1.65 bits per heavy atom. The lowest BCUT2D eigenvalue weighted by atomic mass is 9.99. The van der Waals surface area contributed by atoms with Crippen LogP contribution >= 0.6 is 0 Å². The molecule has 2 N–H and O–H groups in total. The van der Waals surface area contributed by atoms with E-state index in [2.05, 4.69) is 5.32 Å². The Kier molecular flexibility index (Phi) is 4.95. The van der Waals surface area contributed by atoms with E-state index in [9.17, 15) is 17.6 Å². The SMILES string of the molecule is OCC[C@@H](c1c(F)c(F)cc(F)c1F)N1CCNCC1. The van der Waals surface area contributed by atoms with Crippen molar-refractivity contribution in [1.29, 1.82) is 0 Å². The summed E-state index contributed by atoms with van der Waals surface area (Å²) in [6, 6.07) is -0.686. The summed E-state index contributed by atoms with van der Waals surface area (Å²) in [6.07, 6.45) is 0.0106. The summed E-state index contributed by atoms with van der Waals surface area (Å²) in [4.78, 5) is 1.72. The zero-order chi connectivity index (χ0) is 14.7. The third kappa shape index (κ3) is 2.94. The number of nitrogens with one attached hydrogen (secondary N) is 1. The molecule has 0 spiro atoms. The van der Waals surface area contributed by atoms with Gasteiger partial charge in [-0.1, -0.05) is 0 Å². The maximum atomic E-state index is 13.9. The van der Waals surface area contributed by atoms with E-state index in [1.807, 2.05) is 0 Å². The van der Waals surface area contributed by atoms with Gasteiger partial charge in [-0.25, -0.2) is 17.6 Å². The molecule has 0 aromatic heterocycles. The van der Waals surface area contributed by atoms with Crippen LogP contribution in [0.1, 0.15) is 18.0 Å². The number of piperazine rings is 1. The average molecular weight is 292 g/mol. The summed E-state index contributed by atoms with van der Waals surface area (Å²) >= 11 is 0. The molecular formula is C13H16F4N2O. The van der Waals surface area contributed by atoms with Gasteiger partial charge >= 0.3 is 0 Å². The molecule has 0 bridgehead atoms. The van der Waals surface area contributed by atoms with Crippen LogP contribution in [0.15, 0.2) is 6.07 Å². The number of hydrogen-bond acceptors (Lipinski definition) is 3.